The first-order valence-electron chi connectivity index (χ1n) is 5.55. The molecule has 0 spiro atoms. The molecule has 0 amide bonds. The van der Waals surface area contributed by atoms with Crippen molar-refractivity contribution in [2.75, 3.05) is 13.2 Å². The predicted molar refractivity (Wildman–Crippen MR) is 62.5 cm³/mol. The number of benzene rings is 1. The summed E-state index contributed by atoms with van der Waals surface area (Å²) in [5.74, 6) is 0. The molecule has 0 atom stereocenters. The van der Waals surface area contributed by atoms with Crippen molar-refractivity contribution in [1.82, 2.24) is 0 Å². The summed E-state index contributed by atoms with van der Waals surface area (Å²) in [6.45, 7) is 3.54. The van der Waals surface area contributed by atoms with E-state index in [1.165, 1.54) is 0 Å². The van der Waals surface area contributed by atoms with E-state index in [-0.39, 0.29) is 10.6 Å². The first kappa shape index (κ1) is 12.6. The van der Waals surface area contributed by atoms with Crippen LogP contribution in [-0.2, 0) is 11.2 Å². The predicted octanol–water partition coefficient (Wildman–Crippen LogP) is 2.95. The molecule has 1 aromatic carbocycles. The quantitative estimate of drug-likeness (QED) is 0.405. The molecule has 1 aromatic rings. The average Bonchev–Trinajstić information content (AvgIpc) is 2.29. The third-order valence-electron chi connectivity index (χ3n) is 2.36. The fourth-order valence-corrected chi connectivity index (χ4v) is 1.46. The molecule has 16 heavy (non-hydrogen) atoms. The SMILES string of the molecule is CCOCCCCc1ccc([N+](=O)[O-])cc1. The molecule has 0 aliphatic heterocycles. The normalized spacial score (nSPS) is 10.3. The second-order valence-corrected chi connectivity index (χ2v) is 3.58. The zero-order valence-electron chi connectivity index (χ0n) is 9.52. The minimum Gasteiger partial charge on any atom is -0.382 e. The van der Waals surface area contributed by atoms with Gasteiger partial charge >= 0.3 is 0 Å². The number of nitro groups is 1. The van der Waals surface area contributed by atoms with E-state index in [0.29, 0.717) is 0 Å². The number of unbranched alkanes of at least 4 members (excludes halogenated alkanes) is 1. The van der Waals surface area contributed by atoms with Crippen LogP contribution >= 0.6 is 0 Å². The fraction of sp³-hybridized carbons (Fsp3) is 0.500. The Balaban J connectivity index is 2.29. The zero-order chi connectivity index (χ0) is 11.8. The van der Waals surface area contributed by atoms with Gasteiger partial charge in [0.15, 0.2) is 0 Å². The van der Waals surface area contributed by atoms with E-state index >= 15 is 0 Å². The lowest BCUT2D eigenvalue weighted by atomic mass is 10.1. The number of hydrogen-bond donors (Lipinski definition) is 0. The number of ether oxygens (including phenoxy) is 1. The van der Waals surface area contributed by atoms with Crippen molar-refractivity contribution in [3.8, 4) is 0 Å². The maximum atomic E-state index is 10.4. The third kappa shape index (κ3) is 4.40. The Kier molecular flexibility index (Phi) is 5.50. The van der Waals surface area contributed by atoms with E-state index in [1.807, 2.05) is 19.1 Å². The summed E-state index contributed by atoms with van der Waals surface area (Å²) in [6.07, 6.45) is 3.04. The summed E-state index contributed by atoms with van der Waals surface area (Å²) in [5, 5.41) is 10.4. The lowest BCUT2D eigenvalue weighted by Crippen LogP contribution is -1.95. The maximum absolute atomic E-state index is 10.4. The molecule has 88 valence electrons. The summed E-state index contributed by atoms with van der Waals surface area (Å²) < 4.78 is 5.23. The van der Waals surface area contributed by atoms with Crippen molar-refractivity contribution in [2.24, 2.45) is 0 Å². The Hall–Kier alpha value is -1.42. The Morgan fingerprint density at radius 2 is 1.94 bits per heavy atom. The molecular weight excluding hydrogens is 206 g/mol. The van der Waals surface area contributed by atoms with Crippen LogP contribution < -0.4 is 0 Å². The van der Waals surface area contributed by atoms with Gasteiger partial charge in [-0.15, -0.1) is 0 Å². The number of nitro benzene ring substituents is 1. The van der Waals surface area contributed by atoms with E-state index in [2.05, 4.69) is 0 Å². The van der Waals surface area contributed by atoms with Gasteiger partial charge in [-0.25, -0.2) is 0 Å². The summed E-state index contributed by atoms with van der Waals surface area (Å²) in [6, 6.07) is 6.74. The molecule has 0 N–H and O–H groups in total. The van der Waals surface area contributed by atoms with Crippen LogP contribution in [-0.4, -0.2) is 18.1 Å². The summed E-state index contributed by atoms with van der Waals surface area (Å²) in [4.78, 5) is 10.1. The number of rotatable bonds is 7. The van der Waals surface area contributed by atoms with Gasteiger partial charge in [0, 0.05) is 25.3 Å². The highest BCUT2D eigenvalue weighted by Crippen LogP contribution is 2.13. The standard InChI is InChI=1S/C12H17NO3/c1-2-16-10-4-3-5-11-6-8-12(9-7-11)13(14)15/h6-9H,2-5,10H2,1H3. The van der Waals surface area contributed by atoms with Gasteiger partial charge < -0.3 is 4.74 Å². The first-order chi connectivity index (χ1) is 7.74. The second kappa shape index (κ2) is 6.95. The van der Waals surface area contributed by atoms with E-state index in [0.717, 1.165) is 38.0 Å². The Bertz CT molecular complexity index is 322. The number of aryl methyl sites for hydroxylation is 1. The van der Waals surface area contributed by atoms with Gasteiger partial charge in [-0.05, 0) is 31.7 Å². The van der Waals surface area contributed by atoms with Crippen LogP contribution in [0.25, 0.3) is 0 Å². The Morgan fingerprint density at radius 1 is 1.25 bits per heavy atom. The van der Waals surface area contributed by atoms with Gasteiger partial charge in [-0.3, -0.25) is 10.1 Å². The molecule has 0 saturated carbocycles. The van der Waals surface area contributed by atoms with Crippen LogP contribution in [0, 0.1) is 10.1 Å². The molecule has 0 unspecified atom stereocenters. The van der Waals surface area contributed by atoms with Crippen molar-refractivity contribution >= 4 is 5.69 Å². The maximum Gasteiger partial charge on any atom is 0.269 e. The van der Waals surface area contributed by atoms with Gasteiger partial charge in [0.2, 0.25) is 0 Å². The molecule has 0 aliphatic carbocycles. The molecule has 1 rings (SSSR count). The van der Waals surface area contributed by atoms with Crippen molar-refractivity contribution in [3.05, 3.63) is 39.9 Å². The van der Waals surface area contributed by atoms with Gasteiger partial charge in [0.1, 0.15) is 0 Å². The van der Waals surface area contributed by atoms with Gasteiger partial charge in [0.05, 0.1) is 4.92 Å². The van der Waals surface area contributed by atoms with E-state index in [4.69, 9.17) is 4.74 Å². The summed E-state index contributed by atoms with van der Waals surface area (Å²) >= 11 is 0. The highest BCUT2D eigenvalue weighted by Gasteiger charge is 2.03. The van der Waals surface area contributed by atoms with Crippen LogP contribution in [0.3, 0.4) is 0 Å². The molecule has 0 aliphatic rings. The zero-order valence-corrected chi connectivity index (χ0v) is 9.52. The van der Waals surface area contributed by atoms with Crippen LogP contribution in [0.1, 0.15) is 25.3 Å². The molecule has 0 bridgehead atoms. The van der Waals surface area contributed by atoms with Gasteiger partial charge in [-0.2, -0.15) is 0 Å². The molecule has 0 fully saturated rings. The van der Waals surface area contributed by atoms with E-state index < -0.39 is 0 Å². The first-order valence-corrected chi connectivity index (χ1v) is 5.55. The lowest BCUT2D eigenvalue weighted by molar-refractivity contribution is -0.384. The second-order valence-electron chi connectivity index (χ2n) is 3.58. The number of non-ortho nitro benzene ring substituents is 1. The van der Waals surface area contributed by atoms with Crippen molar-refractivity contribution < 1.29 is 9.66 Å². The molecular formula is C12H17NO3. The van der Waals surface area contributed by atoms with Crippen molar-refractivity contribution in [2.45, 2.75) is 26.2 Å². The smallest absolute Gasteiger partial charge is 0.269 e. The topological polar surface area (TPSA) is 52.4 Å². The minimum atomic E-state index is -0.376. The molecule has 0 saturated heterocycles. The summed E-state index contributed by atoms with van der Waals surface area (Å²) in [5.41, 5.74) is 1.29. The molecule has 4 nitrogen and oxygen atoms in total. The van der Waals surface area contributed by atoms with Crippen molar-refractivity contribution in [3.63, 3.8) is 0 Å². The summed E-state index contributed by atoms with van der Waals surface area (Å²) in [7, 11) is 0. The van der Waals surface area contributed by atoms with Crippen LogP contribution in [0.15, 0.2) is 24.3 Å². The largest absolute Gasteiger partial charge is 0.382 e. The minimum absolute atomic E-state index is 0.151. The van der Waals surface area contributed by atoms with Crippen LogP contribution in [0.4, 0.5) is 5.69 Å². The Labute approximate surface area is 95.4 Å². The van der Waals surface area contributed by atoms with Crippen LogP contribution in [0.5, 0.6) is 0 Å². The molecule has 0 heterocycles. The average molecular weight is 223 g/mol. The van der Waals surface area contributed by atoms with Gasteiger partial charge in [0.25, 0.3) is 5.69 Å². The van der Waals surface area contributed by atoms with E-state index in [1.54, 1.807) is 12.1 Å². The van der Waals surface area contributed by atoms with Crippen LogP contribution in [0.2, 0.25) is 0 Å². The molecule has 0 radical (unpaired) electrons. The molecule has 4 heteroatoms. The monoisotopic (exact) mass is 223 g/mol. The van der Waals surface area contributed by atoms with Crippen molar-refractivity contribution in [1.29, 1.82) is 0 Å². The van der Waals surface area contributed by atoms with Gasteiger partial charge in [-0.1, -0.05) is 12.1 Å². The highest BCUT2D eigenvalue weighted by molar-refractivity contribution is 5.32. The number of nitrogens with zero attached hydrogens (tertiary/aromatic N) is 1. The van der Waals surface area contributed by atoms with E-state index in [9.17, 15) is 10.1 Å². The lowest BCUT2D eigenvalue weighted by Gasteiger charge is -2.02. The third-order valence-corrected chi connectivity index (χ3v) is 2.36. The molecule has 0 aromatic heterocycles. The fourth-order valence-electron chi connectivity index (χ4n) is 1.46. The highest BCUT2D eigenvalue weighted by atomic mass is 16.6. The Morgan fingerprint density at radius 3 is 2.50 bits per heavy atom. The number of hydrogen-bond acceptors (Lipinski definition) is 3.